The lowest BCUT2D eigenvalue weighted by atomic mass is 10.1. The standard InChI is InChI=1S/C12H14FN3O2/c1-15-4-5-16(7-11(15)17)12(18)9-6-8(13)2-3-10(9)14/h2-3,6H,4-5,7,14H2,1H3. The van der Waals surface area contributed by atoms with Crippen molar-refractivity contribution in [2.75, 3.05) is 32.4 Å². The van der Waals surface area contributed by atoms with E-state index in [1.165, 1.54) is 17.0 Å². The Hall–Kier alpha value is -2.11. The van der Waals surface area contributed by atoms with Gasteiger partial charge in [0, 0.05) is 25.8 Å². The Bertz CT molecular complexity index is 504. The Balaban J connectivity index is 2.21. The van der Waals surface area contributed by atoms with Crippen molar-refractivity contribution in [2.24, 2.45) is 0 Å². The van der Waals surface area contributed by atoms with E-state index in [2.05, 4.69) is 0 Å². The first-order chi connectivity index (χ1) is 8.49. The summed E-state index contributed by atoms with van der Waals surface area (Å²) >= 11 is 0. The van der Waals surface area contributed by atoms with Crippen LogP contribution >= 0.6 is 0 Å². The number of rotatable bonds is 1. The third-order valence-electron chi connectivity index (χ3n) is 2.99. The van der Waals surface area contributed by atoms with Crippen molar-refractivity contribution in [3.63, 3.8) is 0 Å². The highest BCUT2D eigenvalue weighted by molar-refractivity contribution is 6.01. The van der Waals surface area contributed by atoms with Crippen LogP contribution in [0.25, 0.3) is 0 Å². The van der Waals surface area contributed by atoms with Gasteiger partial charge in [0.15, 0.2) is 0 Å². The Kier molecular flexibility index (Phi) is 3.18. The van der Waals surface area contributed by atoms with Crippen LogP contribution in [0.4, 0.5) is 10.1 Å². The average molecular weight is 251 g/mol. The van der Waals surface area contributed by atoms with Gasteiger partial charge in [-0.25, -0.2) is 4.39 Å². The smallest absolute Gasteiger partial charge is 0.256 e. The van der Waals surface area contributed by atoms with Crippen LogP contribution in [0.3, 0.4) is 0 Å². The molecule has 0 unspecified atom stereocenters. The van der Waals surface area contributed by atoms with E-state index in [1.54, 1.807) is 11.9 Å². The number of halogens is 1. The van der Waals surface area contributed by atoms with Gasteiger partial charge in [-0.05, 0) is 18.2 Å². The summed E-state index contributed by atoms with van der Waals surface area (Å²) in [5.41, 5.74) is 5.97. The molecule has 0 spiro atoms. The monoisotopic (exact) mass is 251 g/mol. The SMILES string of the molecule is CN1CCN(C(=O)c2cc(F)ccc2N)CC1=O. The van der Waals surface area contributed by atoms with Crippen LogP contribution in [-0.4, -0.2) is 48.3 Å². The highest BCUT2D eigenvalue weighted by Crippen LogP contribution is 2.17. The van der Waals surface area contributed by atoms with Crippen molar-refractivity contribution < 1.29 is 14.0 Å². The first-order valence-electron chi connectivity index (χ1n) is 5.57. The molecule has 0 bridgehead atoms. The van der Waals surface area contributed by atoms with Crippen molar-refractivity contribution in [2.45, 2.75) is 0 Å². The van der Waals surface area contributed by atoms with Gasteiger partial charge in [0.2, 0.25) is 5.91 Å². The molecular weight excluding hydrogens is 237 g/mol. The van der Waals surface area contributed by atoms with E-state index in [-0.39, 0.29) is 23.7 Å². The Morgan fingerprint density at radius 2 is 2.11 bits per heavy atom. The van der Waals surface area contributed by atoms with Crippen LogP contribution in [-0.2, 0) is 4.79 Å². The van der Waals surface area contributed by atoms with Gasteiger partial charge in [0.25, 0.3) is 5.91 Å². The fraction of sp³-hybridized carbons (Fsp3) is 0.333. The van der Waals surface area contributed by atoms with Crippen LogP contribution in [0, 0.1) is 5.82 Å². The zero-order chi connectivity index (χ0) is 13.3. The number of hydrogen-bond donors (Lipinski definition) is 1. The fourth-order valence-corrected chi connectivity index (χ4v) is 1.82. The summed E-state index contributed by atoms with van der Waals surface area (Å²) in [5.74, 6) is -1.06. The number of benzene rings is 1. The second-order valence-corrected chi connectivity index (χ2v) is 4.27. The molecule has 0 aliphatic carbocycles. The molecule has 1 aliphatic heterocycles. The first-order valence-corrected chi connectivity index (χ1v) is 5.57. The minimum Gasteiger partial charge on any atom is -0.398 e. The number of anilines is 1. The van der Waals surface area contributed by atoms with Crippen LogP contribution < -0.4 is 5.73 Å². The Morgan fingerprint density at radius 3 is 2.78 bits per heavy atom. The molecule has 1 saturated heterocycles. The molecule has 2 amide bonds. The maximum Gasteiger partial charge on any atom is 0.256 e. The molecule has 0 saturated carbocycles. The molecule has 1 heterocycles. The highest BCUT2D eigenvalue weighted by Gasteiger charge is 2.26. The molecule has 0 atom stereocenters. The van der Waals surface area contributed by atoms with Gasteiger partial charge in [0.05, 0.1) is 5.56 Å². The van der Waals surface area contributed by atoms with Crippen LogP contribution in [0.15, 0.2) is 18.2 Å². The van der Waals surface area contributed by atoms with E-state index >= 15 is 0 Å². The lowest BCUT2D eigenvalue weighted by molar-refractivity contribution is -0.133. The molecule has 2 rings (SSSR count). The summed E-state index contributed by atoms with van der Waals surface area (Å²) in [6.07, 6.45) is 0. The molecule has 0 radical (unpaired) electrons. The second kappa shape index (κ2) is 4.64. The van der Waals surface area contributed by atoms with Crippen molar-refractivity contribution in [1.29, 1.82) is 0 Å². The highest BCUT2D eigenvalue weighted by atomic mass is 19.1. The van der Waals surface area contributed by atoms with E-state index in [1.807, 2.05) is 0 Å². The lowest BCUT2D eigenvalue weighted by Crippen LogP contribution is -2.50. The lowest BCUT2D eigenvalue weighted by Gasteiger charge is -2.32. The maximum atomic E-state index is 13.1. The van der Waals surface area contributed by atoms with Crippen LogP contribution in [0.1, 0.15) is 10.4 Å². The summed E-state index contributed by atoms with van der Waals surface area (Å²) < 4.78 is 13.1. The number of piperazine rings is 1. The Labute approximate surface area is 104 Å². The molecule has 1 aromatic carbocycles. The number of carbonyl (C=O) groups excluding carboxylic acids is 2. The normalized spacial score (nSPS) is 16.0. The molecule has 6 heteroatoms. The van der Waals surface area contributed by atoms with E-state index in [0.717, 1.165) is 6.07 Å². The summed E-state index contributed by atoms with van der Waals surface area (Å²) in [6.45, 7) is 0.905. The Morgan fingerprint density at radius 1 is 1.39 bits per heavy atom. The van der Waals surface area contributed by atoms with Gasteiger partial charge in [0.1, 0.15) is 12.4 Å². The fourth-order valence-electron chi connectivity index (χ4n) is 1.82. The number of amides is 2. The number of hydrogen-bond acceptors (Lipinski definition) is 3. The van der Waals surface area contributed by atoms with Crippen molar-refractivity contribution in [1.82, 2.24) is 9.80 Å². The van der Waals surface area contributed by atoms with E-state index < -0.39 is 11.7 Å². The predicted octanol–water partition coefficient (Wildman–Crippen LogP) is 0.322. The third-order valence-corrected chi connectivity index (χ3v) is 2.99. The molecule has 5 nitrogen and oxygen atoms in total. The van der Waals surface area contributed by atoms with Crippen LogP contribution in [0.2, 0.25) is 0 Å². The number of likely N-dealkylation sites (N-methyl/N-ethyl adjacent to an activating group) is 1. The summed E-state index contributed by atoms with van der Waals surface area (Å²) in [7, 11) is 1.68. The van der Waals surface area contributed by atoms with Gasteiger partial charge < -0.3 is 15.5 Å². The summed E-state index contributed by atoms with van der Waals surface area (Å²) in [6, 6.07) is 3.64. The molecular formula is C12H14FN3O2. The van der Waals surface area contributed by atoms with Crippen molar-refractivity contribution in [3.05, 3.63) is 29.6 Å². The summed E-state index contributed by atoms with van der Waals surface area (Å²) in [5, 5.41) is 0. The average Bonchev–Trinajstić information content (AvgIpc) is 2.35. The van der Waals surface area contributed by atoms with Crippen molar-refractivity contribution >= 4 is 17.5 Å². The van der Waals surface area contributed by atoms with Gasteiger partial charge in [-0.2, -0.15) is 0 Å². The van der Waals surface area contributed by atoms with E-state index in [9.17, 15) is 14.0 Å². The first kappa shape index (κ1) is 12.3. The minimum absolute atomic E-state index is 0.00524. The number of carbonyl (C=O) groups is 2. The van der Waals surface area contributed by atoms with E-state index in [0.29, 0.717) is 13.1 Å². The zero-order valence-corrected chi connectivity index (χ0v) is 10.0. The molecule has 2 N–H and O–H groups in total. The number of nitrogens with two attached hydrogens (primary N) is 1. The molecule has 1 aromatic rings. The third kappa shape index (κ3) is 2.27. The molecule has 1 fully saturated rings. The number of nitrogen functional groups attached to an aromatic ring is 1. The second-order valence-electron chi connectivity index (χ2n) is 4.27. The maximum absolute atomic E-state index is 13.1. The van der Waals surface area contributed by atoms with Gasteiger partial charge in [-0.1, -0.05) is 0 Å². The largest absolute Gasteiger partial charge is 0.398 e. The van der Waals surface area contributed by atoms with Gasteiger partial charge in [-0.3, -0.25) is 9.59 Å². The van der Waals surface area contributed by atoms with Gasteiger partial charge >= 0.3 is 0 Å². The predicted molar refractivity (Wildman–Crippen MR) is 64.4 cm³/mol. The quantitative estimate of drug-likeness (QED) is 0.731. The van der Waals surface area contributed by atoms with Crippen LogP contribution in [0.5, 0.6) is 0 Å². The van der Waals surface area contributed by atoms with Crippen molar-refractivity contribution in [3.8, 4) is 0 Å². The summed E-state index contributed by atoms with van der Waals surface area (Å²) in [4.78, 5) is 26.6. The van der Waals surface area contributed by atoms with E-state index in [4.69, 9.17) is 5.73 Å². The minimum atomic E-state index is -0.520. The van der Waals surface area contributed by atoms with Gasteiger partial charge in [-0.15, -0.1) is 0 Å². The topological polar surface area (TPSA) is 66.6 Å². The molecule has 18 heavy (non-hydrogen) atoms. The molecule has 0 aromatic heterocycles. The molecule has 1 aliphatic rings. The molecule has 96 valence electrons. The number of nitrogens with zero attached hydrogens (tertiary/aromatic N) is 2. The zero-order valence-electron chi connectivity index (χ0n) is 10.0.